The normalized spacial score (nSPS) is 28.9. The third-order valence-electron chi connectivity index (χ3n) is 3.11. The molecule has 0 aliphatic heterocycles. The van der Waals surface area contributed by atoms with Crippen molar-refractivity contribution in [1.29, 1.82) is 0 Å². The Morgan fingerprint density at radius 1 is 1.59 bits per heavy atom. The minimum atomic E-state index is 0.455. The molecule has 2 heteroatoms. The maximum Gasteiger partial charge on any atom is 0.118 e. The van der Waals surface area contributed by atoms with E-state index in [1.807, 2.05) is 0 Å². The summed E-state index contributed by atoms with van der Waals surface area (Å²) < 4.78 is 0. The highest BCUT2D eigenvalue weighted by atomic mass is 15.0. The van der Waals surface area contributed by atoms with Gasteiger partial charge in [0.25, 0.3) is 0 Å². The van der Waals surface area contributed by atoms with Gasteiger partial charge in [0.1, 0.15) is 5.82 Å². The number of nitrogens with one attached hydrogen (secondary N) is 1. The van der Waals surface area contributed by atoms with Gasteiger partial charge < -0.3 is 5.32 Å². The van der Waals surface area contributed by atoms with E-state index < -0.39 is 0 Å². The van der Waals surface area contributed by atoms with Gasteiger partial charge >= 0.3 is 0 Å². The number of allylic oxidation sites excluding steroid dienone is 2. The fourth-order valence-electron chi connectivity index (χ4n) is 2.30. The summed E-state index contributed by atoms with van der Waals surface area (Å²) in [6, 6.07) is 0.455. The average molecular weight is 232 g/mol. The zero-order chi connectivity index (χ0) is 12.7. The smallest absolute Gasteiger partial charge is 0.118 e. The minimum Gasteiger partial charge on any atom is -0.368 e. The molecule has 2 atom stereocenters. The predicted octanol–water partition coefficient (Wildman–Crippen LogP) is 3.83. The largest absolute Gasteiger partial charge is 0.368 e. The molecular formula is C15H24N2. The Morgan fingerprint density at radius 3 is 3.06 bits per heavy atom. The lowest BCUT2D eigenvalue weighted by Gasteiger charge is -2.25. The van der Waals surface area contributed by atoms with Crippen LogP contribution in [0.3, 0.4) is 0 Å². The van der Waals surface area contributed by atoms with E-state index in [4.69, 9.17) is 0 Å². The summed E-state index contributed by atoms with van der Waals surface area (Å²) in [5.74, 6) is 1.49. The van der Waals surface area contributed by atoms with Crippen molar-refractivity contribution in [3.05, 3.63) is 36.7 Å². The molecule has 0 aromatic rings. The molecule has 1 aliphatic carbocycles. The van der Waals surface area contributed by atoms with E-state index in [-0.39, 0.29) is 0 Å². The average Bonchev–Trinajstić information content (AvgIpc) is 2.24. The molecule has 0 heterocycles. The van der Waals surface area contributed by atoms with E-state index in [9.17, 15) is 0 Å². The van der Waals surface area contributed by atoms with Gasteiger partial charge in [-0.15, -0.1) is 0 Å². The molecule has 0 aromatic carbocycles. The molecule has 0 saturated carbocycles. The molecular weight excluding hydrogens is 208 g/mol. The Balaban J connectivity index is 2.57. The topological polar surface area (TPSA) is 24.4 Å². The fourth-order valence-corrected chi connectivity index (χ4v) is 2.30. The van der Waals surface area contributed by atoms with Crippen LogP contribution in [0.2, 0.25) is 0 Å². The zero-order valence-electron chi connectivity index (χ0n) is 11.1. The molecule has 1 N–H and O–H groups in total. The second kappa shape index (κ2) is 7.10. The van der Waals surface area contributed by atoms with Crippen molar-refractivity contribution in [2.75, 3.05) is 0 Å². The first-order chi connectivity index (χ1) is 8.11. The van der Waals surface area contributed by atoms with Gasteiger partial charge in [0.2, 0.25) is 0 Å². The van der Waals surface area contributed by atoms with Crippen LogP contribution in [0.15, 0.2) is 41.7 Å². The Labute approximate surface area is 105 Å². The summed E-state index contributed by atoms with van der Waals surface area (Å²) in [5.41, 5.74) is 1.47. The Morgan fingerprint density at radius 2 is 2.35 bits per heavy atom. The number of hydrogen-bond acceptors (Lipinski definition) is 2. The highest BCUT2D eigenvalue weighted by molar-refractivity contribution is 5.71. The Bertz CT molecular complexity index is 326. The summed E-state index contributed by atoms with van der Waals surface area (Å²) >= 11 is 0. The van der Waals surface area contributed by atoms with Gasteiger partial charge in [-0.3, -0.25) is 0 Å². The lowest BCUT2D eigenvalue weighted by atomic mass is 9.90. The van der Waals surface area contributed by atoms with Gasteiger partial charge in [-0.1, -0.05) is 37.8 Å². The molecule has 1 rings (SSSR count). The maximum absolute atomic E-state index is 4.17. The second-order valence-electron chi connectivity index (χ2n) is 4.97. The van der Waals surface area contributed by atoms with E-state index in [1.165, 1.54) is 24.8 Å². The van der Waals surface area contributed by atoms with Gasteiger partial charge in [-0.25, -0.2) is 4.99 Å². The SMILES string of the molecule is C=C/C=N/C(=C)N[C@@H]1C/C(C)=C/CC[C@H](C)C1. The summed E-state index contributed by atoms with van der Waals surface area (Å²) in [5, 5.41) is 3.40. The highest BCUT2D eigenvalue weighted by Crippen LogP contribution is 2.22. The lowest BCUT2D eigenvalue weighted by Crippen LogP contribution is -2.30. The number of hydrogen-bond donors (Lipinski definition) is 1. The third-order valence-corrected chi connectivity index (χ3v) is 3.11. The first-order valence-corrected chi connectivity index (χ1v) is 6.38. The predicted molar refractivity (Wildman–Crippen MR) is 76.1 cm³/mol. The molecule has 1 aliphatic rings. The van der Waals surface area contributed by atoms with E-state index in [1.54, 1.807) is 12.3 Å². The van der Waals surface area contributed by atoms with Crippen LogP contribution in [-0.2, 0) is 0 Å². The first kappa shape index (κ1) is 13.8. The summed E-state index contributed by atoms with van der Waals surface area (Å²) in [7, 11) is 0. The van der Waals surface area contributed by atoms with Crippen LogP contribution < -0.4 is 5.32 Å². The van der Waals surface area contributed by atoms with Crippen molar-refractivity contribution in [1.82, 2.24) is 5.32 Å². The quantitative estimate of drug-likeness (QED) is 0.578. The van der Waals surface area contributed by atoms with Crippen molar-refractivity contribution < 1.29 is 0 Å². The molecule has 17 heavy (non-hydrogen) atoms. The molecule has 94 valence electrons. The highest BCUT2D eigenvalue weighted by Gasteiger charge is 2.15. The molecule has 0 radical (unpaired) electrons. The zero-order valence-corrected chi connectivity index (χ0v) is 11.1. The Kier molecular flexibility index (Phi) is 5.75. The maximum atomic E-state index is 4.17. The van der Waals surface area contributed by atoms with Crippen LogP contribution in [0.5, 0.6) is 0 Å². The van der Waals surface area contributed by atoms with Crippen molar-refractivity contribution in [2.45, 2.75) is 45.6 Å². The van der Waals surface area contributed by atoms with Gasteiger partial charge in [0, 0.05) is 12.3 Å². The lowest BCUT2D eigenvalue weighted by molar-refractivity contribution is 0.394. The van der Waals surface area contributed by atoms with Crippen molar-refractivity contribution >= 4 is 6.21 Å². The van der Waals surface area contributed by atoms with Gasteiger partial charge in [-0.05, 0) is 38.5 Å². The van der Waals surface area contributed by atoms with Gasteiger partial charge in [0.15, 0.2) is 0 Å². The molecule has 0 aromatic heterocycles. The Hall–Kier alpha value is -1.31. The molecule has 2 nitrogen and oxygen atoms in total. The second-order valence-corrected chi connectivity index (χ2v) is 4.97. The van der Waals surface area contributed by atoms with Crippen LogP contribution in [0.25, 0.3) is 0 Å². The number of aliphatic imine (C=N–C) groups is 1. The molecule has 0 bridgehead atoms. The fraction of sp³-hybridized carbons (Fsp3) is 0.533. The third kappa shape index (κ3) is 5.53. The van der Waals surface area contributed by atoms with E-state index >= 15 is 0 Å². The van der Waals surface area contributed by atoms with Crippen molar-refractivity contribution in [3.63, 3.8) is 0 Å². The molecule has 0 unspecified atom stereocenters. The molecule has 0 spiro atoms. The molecule has 0 saturated heterocycles. The van der Waals surface area contributed by atoms with Crippen LogP contribution in [0.4, 0.5) is 0 Å². The van der Waals surface area contributed by atoms with Crippen LogP contribution in [-0.4, -0.2) is 12.3 Å². The van der Waals surface area contributed by atoms with E-state index in [0.717, 1.165) is 18.2 Å². The van der Waals surface area contributed by atoms with Crippen LogP contribution >= 0.6 is 0 Å². The summed E-state index contributed by atoms with van der Waals surface area (Å²) in [4.78, 5) is 4.17. The van der Waals surface area contributed by atoms with Crippen LogP contribution in [0, 0.1) is 5.92 Å². The first-order valence-electron chi connectivity index (χ1n) is 6.38. The van der Waals surface area contributed by atoms with Crippen LogP contribution in [0.1, 0.15) is 39.5 Å². The van der Waals surface area contributed by atoms with E-state index in [2.05, 4.69) is 43.4 Å². The van der Waals surface area contributed by atoms with Gasteiger partial charge in [-0.2, -0.15) is 0 Å². The molecule has 0 amide bonds. The minimum absolute atomic E-state index is 0.455. The van der Waals surface area contributed by atoms with Crippen molar-refractivity contribution in [2.24, 2.45) is 10.9 Å². The van der Waals surface area contributed by atoms with Crippen molar-refractivity contribution in [3.8, 4) is 0 Å². The molecule has 0 fully saturated rings. The van der Waals surface area contributed by atoms with Gasteiger partial charge in [0.05, 0.1) is 0 Å². The summed E-state index contributed by atoms with van der Waals surface area (Å²) in [6.07, 6.45) is 10.5. The standard InChI is InChI=1S/C15H24N2/c1-5-9-16-14(4)17-15-10-12(2)7-6-8-13(3)11-15/h5,7,9,13,15,17H,1,4,6,8,10-11H2,2-3H3/b12-7+,16-9+/t13-,15+/m0/s1. The van der Waals surface area contributed by atoms with E-state index in [0.29, 0.717) is 6.04 Å². The summed E-state index contributed by atoms with van der Waals surface area (Å²) in [6.45, 7) is 12.0. The number of rotatable bonds is 4. The number of nitrogens with zero attached hydrogens (tertiary/aromatic N) is 1. The monoisotopic (exact) mass is 232 g/mol.